The minimum Gasteiger partial charge on any atom is -0.492 e. The van der Waals surface area contributed by atoms with Crippen molar-refractivity contribution in [3.63, 3.8) is 0 Å². The Kier molecular flexibility index (Phi) is 5.61. The van der Waals surface area contributed by atoms with E-state index in [0.717, 1.165) is 12.1 Å². The van der Waals surface area contributed by atoms with Gasteiger partial charge < -0.3 is 10.1 Å². The van der Waals surface area contributed by atoms with Crippen molar-refractivity contribution in [3.05, 3.63) is 34.2 Å². The van der Waals surface area contributed by atoms with E-state index in [9.17, 15) is 13.2 Å². The van der Waals surface area contributed by atoms with Crippen molar-refractivity contribution in [1.82, 2.24) is 19.7 Å². The third-order valence-corrected chi connectivity index (χ3v) is 5.39. The molecular formula is C17H20ClN5O4S. The van der Waals surface area contributed by atoms with Crippen LogP contribution >= 0.6 is 10.7 Å². The van der Waals surface area contributed by atoms with E-state index in [2.05, 4.69) is 20.4 Å². The van der Waals surface area contributed by atoms with Crippen LogP contribution in [-0.2, 0) is 22.5 Å². The normalized spacial score (nSPS) is 11.7. The Labute approximate surface area is 166 Å². The molecule has 0 atom stereocenters. The Hall–Kier alpha value is -2.59. The Balaban J connectivity index is 2.11. The first kappa shape index (κ1) is 20.2. The summed E-state index contributed by atoms with van der Waals surface area (Å²) in [6.45, 7) is 4.18. The first-order valence-corrected chi connectivity index (χ1v) is 11.0. The maximum absolute atomic E-state index is 12.5. The van der Waals surface area contributed by atoms with Crippen molar-refractivity contribution in [3.8, 4) is 5.75 Å². The number of ether oxygens (including phenoxy) is 1. The number of aromatic nitrogens is 4. The predicted octanol–water partition coefficient (Wildman–Crippen LogP) is 2.68. The topological polar surface area (TPSA) is 119 Å². The van der Waals surface area contributed by atoms with Crippen molar-refractivity contribution in [2.75, 3.05) is 11.9 Å². The SMILES string of the molecule is CCCc1nn(C)c2c(=O)[nH]c(Nc3cc(S(=O)(=O)Cl)ccc3OCC)nc12. The molecule has 2 N–H and O–H groups in total. The average Bonchev–Trinajstić information content (AvgIpc) is 2.92. The molecule has 1 aromatic carbocycles. The van der Waals surface area contributed by atoms with Gasteiger partial charge in [0, 0.05) is 17.7 Å². The molecule has 0 aliphatic carbocycles. The quantitative estimate of drug-likeness (QED) is 0.558. The van der Waals surface area contributed by atoms with Gasteiger partial charge in [0.25, 0.3) is 14.6 Å². The van der Waals surface area contributed by atoms with Gasteiger partial charge in [0.1, 0.15) is 11.3 Å². The van der Waals surface area contributed by atoms with Crippen molar-refractivity contribution < 1.29 is 13.2 Å². The Morgan fingerprint density at radius 2 is 2.07 bits per heavy atom. The summed E-state index contributed by atoms with van der Waals surface area (Å²) < 4.78 is 30.4. The zero-order valence-electron chi connectivity index (χ0n) is 15.6. The fourth-order valence-electron chi connectivity index (χ4n) is 2.88. The molecule has 3 aromatic rings. The molecule has 0 bridgehead atoms. The molecule has 3 rings (SSSR count). The molecule has 0 fully saturated rings. The summed E-state index contributed by atoms with van der Waals surface area (Å²) in [6, 6.07) is 4.16. The number of aromatic amines is 1. The second-order valence-corrected chi connectivity index (χ2v) is 8.65. The fraction of sp³-hybridized carbons (Fsp3) is 0.353. The zero-order valence-corrected chi connectivity index (χ0v) is 17.2. The van der Waals surface area contributed by atoms with Crippen molar-refractivity contribution in [1.29, 1.82) is 0 Å². The van der Waals surface area contributed by atoms with Crippen LogP contribution in [0, 0.1) is 0 Å². The van der Waals surface area contributed by atoms with Crippen LogP contribution in [0.15, 0.2) is 27.9 Å². The molecule has 0 saturated carbocycles. The van der Waals surface area contributed by atoms with Gasteiger partial charge in [-0.3, -0.25) is 14.5 Å². The van der Waals surface area contributed by atoms with Gasteiger partial charge in [0.05, 0.1) is 22.9 Å². The number of halogens is 1. The van der Waals surface area contributed by atoms with E-state index in [4.69, 9.17) is 15.4 Å². The summed E-state index contributed by atoms with van der Waals surface area (Å²) in [5.74, 6) is 0.544. The number of hydrogen-bond acceptors (Lipinski definition) is 7. The van der Waals surface area contributed by atoms with Crippen LogP contribution < -0.4 is 15.6 Å². The third kappa shape index (κ3) is 3.97. The molecule has 2 heterocycles. The van der Waals surface area contributed by atoms with Gasteiger partial charge in [-0.25, -0.2) is 13.4 Å². The van der Waals surface area contributed by atoms with E-state index in [0.29, 0.717) is 35.5 Å². The number of nitrogens with one attached hydrogen (secondary N) is 2. The molecule has 9 nitrogen and oxygen atoms in total. The van der Waals surface area contributed by atoms with Crippen molar-refractivity contribution >= 4 is 42.4 Å². The maximum Gasteiger partial charge on any atom is 0.278 e. The fourth-order valence-corrected chi connectivity index (χ4v) is 3.66. The van der Waals surface area contributed by atoms with Gasteiger partial charge in [-0.1, -0.05) is 13.3 Å². The maximum atomic E-state index is 12.5. The largest absolute Gasteiger partial charge is 0.492 e. The Morgan fingerprint density at radius 1 is 1.32 bits per heavy atom. The molecule has 0 amide bonds. The molecule has 28 heavy (non-hydrogen) atoms. The van der Waals surface area contributed by atoms with Crippen LogP contribution in [-0.4, -0.2) is 34.8 Å². The lowest BCUT2D eigenvalue weighted by molar-refractivity contribution is 0.341. The highest BCUT2D eigenvalue weighted by molar-refractivity contribution is 8.13. The van der Waals surface area contributed by atoms with Crippen molar-refractivity contribution in [2.45, 2.75) is 31.6 Å². The molecule has 150 valence electrons. The highest BCUT2D eigenvalue weighted by atomic mass is 35.7. The summed E-state index contributed by atoms with van der Waals surface area (Å²) in [5, 5.41) is 7.30. The van der Waals surface area contributed by atoms with Crippen LogP contribution in [0.4, 0.5) is 11.6 Å². The van der Waals surface area contributed by atoms with Crippen LogP contribution in [0.25, 0.3) is 11.0 Å². The van der Waals surface area contributed by atoms with Crippen LogP contribution in [0.5, 0.6) is 5.75 Å². The number of nitrogens with zero attached hydrogens (tertiary/aromatic N) is 3. The lowest BCUT2D eigenvalue weighted by Gasteiger charge is -2.13. The van der Waals surface area contributed by atoms with Crippen LogP contribution in [0.1, 0.15) is 26.0 Å². The number of anilines is 2. The summed E-state index contributed by atoms with van der Waals surface area (Å²) in [7, 11) is 3.20. The predicted molar refractivity (Wildman–Crippen MR) is 107 cm³/mol. The minimum absolute atomic E-state index is 0.100. The van der Waals surface area contributed by atoms with E-state index >= 15 is 0 Å². The van der Waals surface area contributed by atoms with Crippen LogP contribution in [0.2, 0.25) is 0 Å². The third-order valence-electron chi connectivity index (χ3n) is 4.03. The van der Waals surface area contributed by atoms with Gasteiger partial charge in [-0.15, -0.1) is 0 Å². The van der Waals surface area contributed by atoms with E-state index in [1.165, 1.54) is 22.9 Å². The Bertz CT molecular complexity index is 1190. The monoisotopic (exact) mass is 425 g/mol. The van der Waals surface area contributed by atoms with E-state index in [1.807, 2.05) is 6.92 Å². The number of rotatable bonds is 7. The molecule has 0 spiro atoms. The highest BCUT2D eigenvalue weighted by Gasteiger charge is 2.17. The average molecular weight is 426 g/mol. The zero-order chi connectivity index (χ0) is 20.5. The van der Waals surface area contributed by atoms with Crippen molar-refractivity contribution in [2.24, 2.45) is 7.05 Å². The number of H-pyrrole nitrogens is 1. The van der Waals surface area contributed by atoms with Gasteiger partial charge >= 0.3 is 0 Å². The number of hydrogen-bond donors (Lipinski definition) is 2. The van der Waals surface area contributed by atoms with E-state index < -0.39 is 9.05 Å². The standard InChI is InChI=1S/C17H20ClN5O4S/c1-4-6-11-14-15(23(3)22-11)16(24)21-17(20-14)19-12-9-10(28(18,25)26)7-8-13(12)27-5-2/h7-9H,4-6H2,1-3H3,(H2,19,20,21,24). The van der Waals surface area contributed by atoms with Crippen LogP contribution in [0.3, 0.4) is 0 Å². The van der Waals surface area contributed by atoms with E-state index in [1.54, 1.807) is 14.0 Å². The number of benzene rings is 1. The summed E-state index contributed by atoms with van der Waals surface area (Å²) in [4.78, 5) is 19.5. The van der Waals surface area contributed by atoms with Gasteiger partial charge in [-0.05, 0) is 31.5 Å². The molecule has 0 aliphatic heterocycles. The van der Waals surface area contributed by atoms with Gasteiger partial charge in [0.15, 0.2) is 5.52 Å². The highest BCUT2D eigenvalue weighted by Crippen LogP contribution is 2.31. The molecule has 0 saturated heterocycles. The van der Waals surface area contributed by atoms with Gasteiger partial charge in [0.2, 0.25) is 5.95 Å². The second-order valence-electron chi connectivity index (χ2n) is 6.09. The molecule has 0 aliphatic rings. The first-order valence-electron chi connectivity index (χ1n) is 8.69. The smallest absolute Gasteiger partial charge is 0.278 e. The summed E-state index contributed by atoms with van der Waals surface area (Å²) in [5.41, 5.74) is 1.54. The van der Waals surface area contributed by atoms with Gasteiger partial charge in [-0.2, -0.15) is 5.10 Å². The lowest BCUT2D eigenvalue weighted by Crippen LogP contribution is -2.14. The molecule has 2 aromatic heterocycles. The number of aryl methyl sites for hydroxylation is 2. The molecular weight excluding hydrogens is 406 g/mol. The first-order chi connectivity index (χ1) is 13.2. The minimum atomic E-state index is -3.93. The summed E-state index contributed by atoms with van der Waals surface area (Å²) in [6.07, 6.45) is 1.53. The van der Waals surface area contributed by atoms with E-state index in [-0.39, 0.29) is 16.4 Å². The summed E-state index contributed by atoms with van der Waals surface area (Å²) >= 11 is 0. The lowest BCUT2D eigenvalue weighted by atomic mass is 10.2. The molecule has 0 radical (unpaired) electrons. The number of fused-ring (bicyclic) bond motifs is 1. The second kappa shape index (κ2) is 7.80. The Morgan fingerprint density at radius 3 is 2.71 bits per heavy atom. The molecule has 11 heteroatoms. The molecule has 0 unspecified atom stereocenters.